The van der Waals surface area contributed by atoms with Crippen molar-refractivity contribution < 1.29 is 4.74 Å². The molecule has 6 nitrogen and oxygen atoms in total. The van der Waals surface area contributed by atoms with Gasteiger partial charge in [0.1, 0.15) is 5.75 Å². The van der Waals surface area contributed by atoms with Crippen LogP contribution in [0.25, 0.3) is 0 Å². The maximum absolute atomic E-state index is 11.7. The van der Waals surface area contributed by atoms with Gasteiger partial charge in [0.2, 0.25) is 0 Å². The van der Waals surface area contributed by atoms with Crippen LogP contribution in [0.4, 0.5) is 5.69 Å². The van der Waals surface area contributed by atoms with Crippen LogP contribution < -0.4 is 21.7 Å². The van der Waals surface area contributed by atoms with Gasteiger partial charge in [-0.2, -0.15) is 0 Å². The molecule has 0 bridgehead atoms. The summed E-state index contributed by atoms with van der Waals surface area (Å²) in [6.07, 6.45) is 1.52. The van der Waals surface area contributed by atoms with Crippen molar-refractivity contribution in [3.63, 3.8) is 0 Å². The van der Waals surface area contributed by atoms with E-state index in [0.717, 1.165) is 5.56 Å². The summed E-state index contributed by atoms with van der Waals surface area (Å²) in [4.78, 5) is 25.3. The number of nitrogens with two attached hydrogens (primary N) is 1. The Balaban J connectivity index is 2.47. The molecule has 0 aliphatic heterocycles. The molecular weight excluding hydrogens is 246 g/mol. The lowest BCUT2D eigenvalue weighted by molar-refractivity contribution is 0.408. The van der Waals surface area contributed by atoms with Gasteiger partial charge in [-0.15, -0.1) is 0 Å². The predicted molar refractivity (Wildman–Crippen MR) is 72.6 cm³/mol. The molecule has 0 aliphatic carbocycles. The molecule has 100 valence electrons. The van der Waals surface area contributed by atoms with E-state index in [4.69, 9.17) is 10.5 Å². The highest BCUT2D eigenvalue weighted by Gasteiger charge is 2.07. The molecule has 0 unspecified atom stereocenters. The first-order valence-corrected chi connectivity index (χ1v) is 5.74. The average molecular weight is 261 g/mol. The molecule has 0 fully saturated rings. The molecule has 0 amide bonds. The second-order valence-corrected chi connectivity index (χ2v) is 4.27. The lowest BCUT2D eigenvalue weighted by Gasteiger charge is -2.11. The number of nitrogens with one attached hydrogen (secondary N) is 1. The van der Waals surface area contributed by atoms with E-state index in [-0.39, 0.29) is 12.1 Å². The van der Waals surface area contributed by atoms with Crippen LogP contribution in [0.15, 0.2) is 34.0 Å². The standard InChI is InChI=1S/C13H15N3O3/c1-8-6-16(13(18)15-12(8)17)7-9-5-10(14)3-4-11(9)19-2/h3-6H,7,14H2,1-2H3,(H,15,17,18). The number of anilines is 1. The smallest absolute Gasteiger partial charge is 0.328 e. The molecule has 0 spiro atoms. The molecule has 1 heterocycles. The van der Waals surface area contributed by atoms with E-state index in [2.05, 4.69) is 4.98 Å². The SMILES string of the molecule is COc1ccc(N)cc1Cn1cc(C)c(=O)[nH]c1=O. The second-order valence-electron chi connectivity index (χ2n) is 4.27. The third kappa shape index (κ3) is 2.67. The number of H-pyrrole nitrogens is 1. The van der Waals surface area contributed by atoms with Crippen molar-refractivity contribution >= 4 is 5.69 Å². The molecule has 0 atom stereocenters. The number of ether oxygens (including phenoxy) is 1. The Hall–Kier alpha value is -2.50. The number of aromatic nitrogens is 2. The molecule has 1 aromatic heterocycles. The fraction of sp³-hybridized carbons (Fsp3) is 0.231. The van der Waals surface area contributed by atoms with Gasteiger partial charge in [0.25, 0.3) is 5.56 Å². The third-order valence-corrected chi connectivity index (χ3v) is 2.83. The first-order chi connectivity index (χ1) is 9.01. The van der Waals surface area contributed by atoms with Crippen LogP contribution in [0.5, 0.6) is 5.75 Å². The lowest BCUT2D eigenvalue weighted by Crippen LogP contribution is -2.31. The van der Waals surface area contributed by atoms with Crippen molar-refractivity contribution in [3.05, 3.63) is 56.4 Å². The van der Waals surface area contributed by atoms with Crippen molar-refractivity contribution in [3.8, 4) is 5.75 Å². The van der Waals surface area contributed by atoms with Gasteiger partial charge >= 0.3 is 5.69 Å². The summed E-state index contributed by atoms with van der Waals surface area (Å²) in [5.74, 6) is 0.643. The fourth-order valence-electron chi connectivity index (χ4n) is 1.84. The number of nitrogens with zero attached hydrogens (tertiary/aromatic N) is 1. The van der Waals surface area contributed by atoms with Gasteiger partial charge in [0, 0.05) is 23.0 Å². The predicted octanol–water partition coefficient (Wildman–Crippen LogP) is 0.484. The Morgan fingerprint density at radius 1 is 1.37 bits per heavy atom. The van der Waals surface area contributed by atoms with Gasteiger partial charge in [-0.1, -0.05) is 0 Å². The summed E-state index contributed by atoms with van der Waals surface area (Å²) in [5, 5.41) is 0. The van der Waals surface area contributed by atoms with Crippen LogP contribution in [0.3, 0.4) is 0 Å². The molecule has 0 saturated heterocycles. The van der Waals surface area contributed by atoms with E-state index in [9.17, 15) is 9.59 Å². The van der Waals surface area contributed by atoms with E-state index in [1.807, 2.05) is 0 Å². The minimum Gasteiger partial charge on any atom is -0.496 e. The summed E-state index contributed by atoms with van der Waals surface area (Å²) < 4.78 is 6.63. The normalized spacial score (nSPS) is 10.4. The summed E-state index contributed by atoms with van der Waals surface area (Å²) >= 11 is 0. The van der Waals surface area contributed by atoms with Gasteiger partial charge in [-0.25, -0.2) is 4.79 Å². The van der Waals surface area contributed by atoms with Crippen LogP contribution >= 0.6 is 0 Å². The van der Waals surface area contributed by atoms with Crippen molar-refractivity contribution in [2.45, 2.75) is 13.5 Å². The Kier molecular flexibility index (Phi) is 3.41. The van der Waals surface area contributed by atoms with Crippen molar-refractivity contribution in [2.24, 2.45) is 0 Å². The Labute approximate surface area is 109 Å². The molecular formula is C13H15N3O3. The van der Waals surface area contributed by atoms with E-state index >= 15 is 0 Å². The molecule has 2 aromatic rings. The first kappa shape index (κ1) is 12.9. The number of benzene rings is 1. The second kappa shape index (κ2) is 5.01. The number of methoxy groups -OCH3 is 1. The van der Waals surface area contributed by atoms with Crippen molar-refractivity contribution in [1.29, 1.82) is 0 Å². The highest BCUT2D eigenvalue weighted by molar-refractivity contribution is 5.47. The zero-order chi connectivity index (χ0) is 14.0. The van der Waals surface area contributed by atoms with Crippen LogP contribution in [0, 0.1) is 6.92 Å². The number of rotatable bonds is 3. The van der Waals surface area contributed by atoms with E-state index in [1.165, 1.54) is 10.8 Å². The van der Waals surface area contributed by atoms with Gasteiger partial charge in [0.05, 0.1) is 13.7 Å². The number of aryl methyl sites for hydroxylation is 1. The molecule has 2 rings (SSSR count). The van der Waals surface area contributed by atoms with Gasteiger partial charge in [-0.3, -0.25) is 14.3 Å². The highest BCUT2D eigenvalue weighted by atomic mass is 16.5. The Morgan fingerprint density at radius 3 is 2.79 bits per heavy atom. The lowest BCUT2D eigenvalue weighted by atomic mass is 10.1. The fourth-order valence-corrected chi connectivity index (χ4v) is 1.84. The van der Waals surface area contributed by atoms with Crippen molar-refractivity contribution in [2.75, 3.05) is 12.8 Å². The zero-order valence-corrected chi connectivity index (χ0v) is 10.8. The van der Waals surface area contributed by atoms with Gasteiger partial charge in [-0.05, 0) is 25.1 Å². The number of nitrogen functional groups attached to an aromatic ring is 1. The molecule has 3 N–H and O–H groups in total. The van der Waals surface area contributed by atoms with E-state index in [0.29, 0.717) is 17.0 Å². The Morgan fingerprint density at radius 2 is 2.11 bits per heavy atom. The minimum absolute atomic E-state index is 0.282. The van der Waals surface area contributed by atoms with Gasteiger partial charge in [0.15, 0.2) is 0 Å². The maximum atomic E-state index is 11.7. The van der Waals surface area contributed by atoms with Gasteiger partial charge < -0.3 is 10.5 Å². The number of aromatic amines is 1. The van der Waals surface area contributed by atoms with Crippen LogP contribution in [0.2, 0.25) is 0 Å². The van der Waals surface area contributed by atoms with Crippen LogP contribution in [-0.4, -0.2) is 16.7 Å². The summed E-state index contributed by atoms with van der Waals surface area (Å²) in [7, 11) is 1.55. The van der Waals surface area contributed by atoms with E-state index < -0.39 is 5.69 Å². The molecule has 0 aliphatic rings. The minimum atomic E-state index is -0.458. The van der Waals surface area contributed by atoms with Crippen LogP contribution in [0.1, 0.15) is 11.1 Å². The average Bonchev–Trinajstić information content (AvgIpc) is 2.36. The topological polar surface area (TPSA) is 90.1 Å². The molecule has 0 radical (unpaired) electrons. The molecule has 0 saturated carbocycles. The Bertz CT molecular complexity index is 716. The monoisotopic (exact) mass is 261 g/mol. The summed E-state index contributed by atoms with van der Waals surface area (Å²) in [6.45, 7) is 1.93. The third-order valence-electron chi connectivity index (χ3n) is 2.83. The first-order valence-electron chi connectivity index (χ1n) is 5.74. The quantitative estimate of drug-likeness (QED) is 0.786. The highest BCUT2D eigenvalue weighted by Crippen LogP contribution is 2.21. The number of hydrogen-bond acceptors (Lipinski definition) is 4. The number of hydrogen-bond donors (Lipinski definition) is 2. The molecule has 6 heteroatoms. The van der Waals surface area contributed by atoms with Crippen molar-refractivity contribution in [1.82, 2.24) is 9.55 Å². The van der Waals surface area contributed by atoms with Crippen LogP contribution in [-0.2, 0) is 6.54 Å². The van der Waals surface area contributed by atoms with E-state index in [1.54, 1.807) is 32.2 Å². The molecule has 19 heavy (non-hydrogen) atoms. The largest absolute Gasteiger partial charge is 0.496 e. The summed E-state index contributed by atoms with van der Waals surface area (Å²) in [5.41, 5.74) is 6.73. The zero-order valence-electron chi connectivity index (χ0n) is 10.8. The summed E-state index contributed by atoms with van der Waals surface area (Å²) in [6, 6.07) is 5.21. The molecule has 1 aromatic carbocycles. The maximum Gasteiger partial charge on any atom is 0.328 e.